The molecule has 0 amide bonds. The highest BCUT2D eigenvalue weighted by molar-refractivity contribution is 5.56. The lowest BCUT2D eigenvalue weighted by Crippen LogP contribution is -2.04. The first-order valence-electron chi connectivity index (χ1n) is 3.44. The van der Waals surface area contributed by atoms with Gasteiger partial charge in [-0.3, -0.25) is 0 Å². The van der Waals surface area contributed by atoms with Gasteiger partial charge < -0.3 is 4.79 Å². The lowest BCUT2D eigenvalue weighted by atomic mass is 10.0. The monoisotopic (exact) mass is 130 g/mol. The molecule has 56 valence electrons. The Morgan fingerprint density at radius 2 is 1.33 bits per heavy atom. The lowest BCUT2D eigenvalue weighted by molar-refractivity contribution is -0.113. The maximum Gasteiger partial charge on any atom is 0.125 e. The Kier molecular flexibility index (Phi) is 7.39. The third kappa shape index (κ3) is 34.6. The fraction of sp³-hybridized carbons (Fsp3) is 0.875. The molecule has 0 aromatic carbocycles. The first kappa shape index (κ1) is 11.5. The van der Waals surface area contributed by atoms with Crippen LogP contribution in [0.5, 0.6) is 0 Å². The summed E-state index contributed by atoms with van der Waals surface area (Å²) in [6, 6.07) is 0. The smallest absolute Gasteiger partial charge is 0.125 e. The molecule has 1 heteroatoms. The summed E-state index contributed by atoms with van der Waals surface area (Å²) in [6.07, 6.45) is 2.19. The van der Waals surface area contributed by atoms with Gasteiger partial charge in [0.1, 0.15) is 6.29 Å². The Morgan fingerprint density at radius 1 is 1.22 bits per heavy atom. The van der Waals surface area contributed by atoms with Gasteiger partial charge in [-0.2, -0.15) is 0 Å². The maximum absolute atomic E-state index is 9.83. The van der Waals surface area contributed by atoms with Crippen LogP contribution in [-0.2, 0) is 4.79 Å². The SMILES string of the molecule is CC(C)(C)C=O.CCC. The molecule has 0 aromatic rings. The minimum Gasteiger partial charge on any atom is -0.303 e. The van der Waals surface area contributed by atoms with Crippen LogP contribution in [0.25, 0.3) is 0 Å². The second-order valence-electron chi connectivity index (χ2n) is 3.19. The van der Waals surface area contributed by atoms with Crippen molar-refractivity contribution in [3.8, 4) is 0 Å². The van der Waals surface area contributed by atoms with Crippen LogP contribution in [0.3, 0.4) is 0 Å². The molecular formula is C8H18O. The van der Waals surface area contributed by atoms with Crippen molar-refractivity contribution in [3.63, 3.8) is 0 Å². The molecule has 0 unspecified atom stereocenters. The van der Waals surface area contributed by atoms with E-state index in [9.17, 15) is 4.79 Å². The standard InChI is InChI=1S/C5H10O.C3H8/c1-5(2,3)4-6;1-3-2/h4H,1-3H3;3H2,1-2H3. The van der Waals surface area contributed by atoms with Crippen LogP contribution in [0.2, 0.25) is 0 Å². The average molecular weight is 130 g/mol. The topological polar surface area (TPSA) is 17.1 Å². The van der Waals surface area contributed by atoms with Gasteiger partial charge in [0.15, 0.2) is 0 Å². The minimum atomic E-state index is -0.139. The predicted molar refractivity (Wildman–Crippen MR) is 41.5 cm³/mol. The molecule has 0 fully saturated rings. The fourth-order valence-corrected chi connectivity index (χ4v) is 0. The van der Waals surface area contributed by atoms with Crippen LogP contribution in [0.1, 0.15) is 41.0 Å². The van der Waals surface area contributed by atoms with Crippen LogP contribution < -0.4 is 0 Å². The summed E-state index contributed by atoms with van der Waals surface area (Å²) in [5, 5.41) is 0. The summed E-state index contributed by atoms with van der Waals surface area (Å²) < 4.78 is 0. The van der Waals surface area contributed by atoms with Crippen molar-refractivity contribution >= 4 is 6.29 Å². The van der Waals surface area contributed by atoms with Crippen LogP contribution in [0.15, 0.2) is 0 Å². The summed E-state index contributed by atoms with van der Waals surface area (Å²) in [4.78, 5) is 9.83. The zero-order valence-electron chi connectivity index (χ0n) is 7.19. The van der Waals surface area contributed by atoms with Crippen molar-refractivity contribution in [2.45, 2.75) is 41.0 Å². The summed E-state index contributed by atoms with van der Waals surface area (Å²) in [5.74, 6) is 0. The molecule has 0 radical (unpaired) electrons. The molecule has 0 bridgehead atoms. The maximum atomic E-state index is 9.83. The largest absolute Gasteiger partial charge is 0.303 e. The van der Waals surface area contributed by atoms with Crippen LogP contribution >= 0.6 is 0 Å². The van der Waals surface area contributed by atoms with Gasteiger partial charge in [-0.1, -0.05) is 41.0 Å². The highest BCUT2D eigenvalue weighted by Crippen LogP contribution is 2.05. The van der Waals surface area contributed by atoms with Gasteiger partial charge in [-0.15, -0.1) is 0 Å². The molecule has 0 rings (SSSR count). The van der Waals surface area contributed by atoms with E-state index >= 15 is 0 Å². The van der Waals surface area contributed by atoms with E-state index in [4.69, 9.17) is 0 Å². The first-order chi connectivity index (χ1) is 3.97. The molecule has 9 heavy (non-hydrogen) atoms. The van der Waals surface area contributed by atoms with Crippen molar-refractivity contribution in [2.75, 3.05) is 0 Å². The molecule has 0 saturated heterocycles. The van der Waals surface area contributed by atoms with Crippen molar-refractivity contribution in [1.29, 1.82) is 0 Å². The van der Waals surface area contributed by atoms with Gasteiger partial charge in [0.05, 0.1) is 0 Å². The highest BCUT2D eigenvalue weighted by atomic mass is 16.1. The summed E-state index contributed by atoms with van der Waals surface area (Å²) >= 11 is 0. The average Bonchev–Trinajstić information content (AvgIpc) is 1.67. The van der Waals surface area contributed by atoms with E-state index in [0.717, 1.165) is 6.29 Å². The number of hydrogen-bond acceptors (Lipinski definition) is 1. The molecule has 0 N–H and O–H groups in total. The zero-order chi connectivity index (χ0) is 7.91. The number of rotatable bonds is 0. The van der Waals surface area contributed by atoms with E-state index in [-0.39, 0.29) is 5.41 Å². The molecular weight excluding hydrogens is 112 g/mol. The van der Waals surface area contributed by atoms with Crippen molar-refractivity contribution in [3.05, 3.63) is 0 Å². The molecule has 0 aliphatic rings. The Morgan fingerprint density at radius 3 is 1.33 bits per heavy atom. The molecule has 0 heterocycles. The molecule has 0 saturated carbocycles. The minimum absolute atomic E-state index is 0.139. The second kappa shape index (κ2) is 5.80. The number of carbonyl (C=O) groups is 1. The molecule has 0 atom stereocenters. The Hall–Kier alpha value is -0.330. The van der Waals surface area contributed by atoms with Gasteiger partial charge in [0.2, 0.25) is 0 Å². The summed E-state index contributed by atoms with van der Waals surface area (Å²) in [7, 11) is 0. The highest BCUT2D eigenvalue weighted by Gasteiger charge is 2.04. The van der Waals surface area contributed by atoms with E-state index in [1.807, 2.05) is 20.8 Å². The van der Waals surface area contributed by atoms with Gasteiger partial charge in [-0.25, -0.2) is 0 Å². The molecule has 0 spiro atoms. The molecule has 0 aliphatic heterocycles. The van der Waals surface area contributed by atoms with E-state index in [0.29, 0.717) is 0 Å². The van der Waals surface area contributed by atoms with Crippen LogP contribution in [0, 0.1) is 5.41 Å². The van der Waals surface area contributed by atoms with E-state index in [1.54, 1.807) is 0 Å². The van der Waals surface area contributed by atoms with Crippen LogP contribution in [0.4, 0.5) is 0 Å². The molecule has 0 aliphatic carbocycles. The van der Waals surface area contributed by atoms with Gasteiger partial charge >= 0.3 is 0 Å². The summed E-state index contributed by atoms with van der Waals surface area (Å²) in [5.41, 5.74) is -0.139. The van der Waals surface area contributed by atoms with Gasteiger partial charge in [0, 0.05) is 5.41 Å². The molecule has 1 nitrogen and oxygen atoms in total. The van der Waals surface area contributed by atoms with Gasteiger partial charge in [0.25, 0.3) is 0 Å². The Balaban J connectivity index is 0. The number of carbonyl (C=O) groups excluding carboxylic acids is 1. The third-order valence-corrected chi connectivity index (χ3v) is 0.354. The number of aldehydes is 1. The zero-order valence-corrected chi connectivity index (χ0v) is 7.19. The van der Waals surface area contributed by atoms with Crippen molar-refractivity contribution in [1.82, 2.24) is 0 Å². The number of hydrogen-bond donors (Lipinski definition) is 0. The predicted octanol–water partition coefficient (Wildman–Crippen LogP) is 2.65. The first-order valence-corrected chi connectivity index (χ1v) is 3.44. The van der Waals surface area contributed by atoms with E-state index < -0.39 is 0 Å². The van der Waals surface area contributed by atoms with Gasteiger partial charge in [-0.05, 0) is 0 Å². The quantitative estimate of drug-likeness (QED) is 0.461. The fourth-order valence-electron chi connectivity index (χ4n) is 0. The molecule has 0 aromatic heterocycles. The van der Waals surface area contributed by atoms with Crippen LogP contribution in [-0.4, -0.2) is 6.29 Å². The van der Waals surface area contributed by atoms with Crippen molar-refractivity contribution in [2.24, 2.45) is 5.41 Å². The van der Waals surface area contributed by atoms with Crippen molar-refractivity contribution < 1.29 is 4.79 Å². The summed E-state index contributed by atoms with van der Waals surface area (Å²) in [6.45, 7) is 9.88. The lowest BCUT2D eigenvalue weighted by Gasteiger charge is -2.03. The normalized spacial score (nSPS) is 9.44. The third-order valence-electron chi connectivity index (χ3n) is 0.354. The second-order valence-corrected chi connectivity index (χ2v) is 3.19. The Bertz CT molecular complexity index is 59.5. The van der Waals surface area contributed by atoms with E-state index in [1.165, 1.54) is 6.42 Å². The van der Waals surface area contributed by atoms with E-state index in [2.05, 4.69) is 13.8 Å². The Labute approximate surface area is 58.5 Å².